The Morgan fingerprint density at radius 1 is 1.22 bits per heavy atom. The van der Waals surface area contributed by atoms with Crippen molar-refractivity contribution in [3.8, 4) is 6.07 Å². The number of nitrogens with two attached hydrogens (primary N) is 1. The largest absolute Gasteiger partial charge is 0.368 e. The maximum absolute atomic E-state index is 14.0. The normalized spacial score (nSPS) is 21.4. The average Bonchev–Trinajstić information content (AvgIpc) is 3.31. The van der Waals surface area contributed by atoms with Crippen LogP contribution < -0.4 is 10.6 Å². The molecule has 37 heavy (non-hydrogen) atoms. The number of rotatable bonds is 6. The molecule has 2 N–H and O–H groups in total. The molecule has 0 aliphatic carbocycles. The molecule has 0 spiro atoms. The molecule has 2 aliphatic rings. The summed E-state index contributed by atoms with van der Waals surface area (Å²) in [5.74, 6) is -1.14. The van der Waals surface area contributed by atoms with Crippen LogP contribution in [-0.2, 0) is 31.6 Å². The van der Waals surface area contributed by atoms with Gasteiger partial charge in [0, 0.05) is 23.0 Å². The second kappa shape index (κ2) is 8.85. The van der Waals surface area contributed by atoms with Gasteiger partial charge in [-0.25, -0.2) is 18.3 Å². The van der Waals surface area contributed by atoms with E-state index in [4.69, 9.17) is 34.2 Å². The van der Waals surface area contributed by atoms with Crippen molar-refractivity contribution in [1.82, 2.24) is 13.9 Å². The quantitative estimate of drug-likeness (QED) is 0.492. The van der Waals surface area contributed by atoms with Crippen LogP contribution in [0.25, 0.3) is 0 Å². The SMILES string of the molecule is CC1(Cc2ccc(C#N)cc2)C(=O)N(c2cc(Cl)cc(Cl)c2)c2ncc(S(=O)(=O)N3CCC3C(N)=O)n21. The Kier molecular flexibility index (Phi) is 6.03. The number of hydrogen-bond acceptors (Lipinski definition) is 6. The third-order valence-electron chi connectivity index (χ3n) is 6.68. The van der Waals surface area contributed by atoms with Crippen LogP contribution in [0.5, 0.6) is 0 Å². The number of halogens is 2. The third kappa shape index (κ3) is 3.97. The number of benzene rings is 2. The van der Waals surface area contributed by atoms with Crippen molar-refractivity contribution in [2.45, 2.75) is 36.4 Å². The van der Waals surface area contributed by atoms with Gasteiger partial charge in [0.05, 0.1) is 23.5 Å². The molecule has 10 nitrogen and oxygen atoms in total. The molecule has 2 aliphatic heterocycles. The monoisotopic (exact) mass is 558 g/mol. The van der Waals surface area contributed by atoms with E-state index >= 15 is 0 Å². The van der Waals surface area contributed by atoms with Crippen LogP contribution >= 0.6 is 23.2 Å². The highest BCUT2D eigenvalue weighted by Crippen LogP contribution is 2.45. The van der Waals surface area contributed by atoms with E-state index < -0.39 is 33.4 Å². The van der Waals surface area contributed by atoms with E-state index in [1.165, 1.54) is 33.9 Å². The number of sulfonamides is 1. The highest BCUT2D eigenvalue weighted by Gasteiger charge is 2.53. The molecule has 2 atom stereocenters. The van der Waals surface area contributed by atoms with Crippen molar-refractivity contribution in [2.75, 3.05) is 11.4 Å². The topological polar surface area (TPSA) is 142 Å². The van der Waals surface area contributed by atoms with Gasteiger partial charge in [0.1, 0.15) is 11.6 Å². The van der Waals surface area contributed by atoms with E-state index in [0.717, 1.165) is 4.31 Å². The summed E-state index contributed by atoms with van der Waals surface area (Å²) < 4.78 is 29.8. The average molecular weight is 559 g/mol. The number of amides is 2. The van der Waals surface area contributed by atoms with Crippen molar-refractivity contribution in [3.63, 3.8) is 0 Å². The Balaban J connectivity index is 1.68. The fraction of sp³-hybridized carbons (Fsp3) is 0.250. The highest BCUT2D eigenvalue weighted by atomic mass is 35.5. The van der Waals surface area contributed by atoms with Gasteiger partial charge >= 0.3 is 0 Å². The van der Waals surface area contributed by atoms with Crippen LogP contribution in [-0.4, -0.2) is 46.7 Å². The lowest BCUT2D eigenvalue weighted by Gasteiger charge is -2.37. The van der Waals surface area contributed by atoms with Crippen LogP contribution in [0.3, 0.4) is 0 Å². The molecule has 2 aromatic carbocycles. The van der Waals surface area contributed by atoms with Crippen molar-refractivity contribution >= 4 is 56.7 Å². The van der Waals surface area contributed by atoms with E-state index in [9.17, 15) is 18.0 Å². The summed E-state index contributed by atoms with van der Waals surface area (Å²) in [5, 5.41) is 9.46. The number of nitrogens with zero attached hydrogens (tertiary/aromatic N) is 5. The number of primary amides is 1. The fourth-order valence-electron chi connectivity index (χ4n) is 4.76. The molecule has 190 valence electrons. The van der Waals surface area contributed by atoms with E-state index in [1.54, 1.807) is 31.2 Å². The number of imidazole rings is 1. The minimum Gasteiger partial charge on any atom is -0.368 e. The van der Waals surface area contributed by atoms with Crippen LogP contribution in [0.4, 0.5) is 11.6 Å². The predicted molar refractivity (Wildman–Crippen MR) is 136 cm³/mol. The van der Waals surface area contributed by atoms with Crippen LogP contribution in [0.2, 0.25) is 10.0 Å². The molecule has 5 rings (SSSR count). The molecule has 0 radical (unpaired) electrons. The summed E-state index contributed by atoms with van der Waals surface area (Å²) in [4.78, 5) is 31.4. The summed E-state index contributed by atoms with van der Waals surface area (Å²) in [5.41, 5.74) is 5.43. The fourth-order valence-corrected chi connectivity index (χ4v) is 7.11. The zero-order valence-electron chi connectivity index (χ0n) is 19.4. The Labute approximate surface area is 222 Å². The molecule has 2 unspecified atom stereocenters. The van der Waals surface area contributed by atoms with Crippen LogP contribution in [0, 0.1) is 11.3 Å². The van der Waals surface area contributed by atoms with Crippen molar-refractivity contribution in [2.24, 2.45) is 5.73 Å². The molecular weight excluding hydrogens is 539 g/mol. The standard InChI is InChI=1S/C24H20Cl2N6O4S/c1-24(11-14-2-4-15(12-27)5-3-14)22(34)31(18-9-16(25)8-17(26)10-18)23-29-13-20(32(23)24)37(35,36)30-7-6-19(30)21(28)33/h2-5,8-10,13,19H,6-7,11H2,1H3,(H2,28,33). The van der Waals surface area contributed by atoms with Gasteiger partial charge in [0.2, 0.25) is 11.9 Å². The summed E-state index contributed by atoms with van der Waals surface area (Å²) in [6.07, 6.45) is 1.57. The Bertz CT molecular complexity index is 1580. The van der Waals surface area contributed by atoms with E-state index in [0.29, 0.717) is 23.2 Å². The van der Waals surface area contributed by atoms with Gasteiger partial charge in [0.25, 0.3) is 15.9 Å². The molecule has 2 amide bonds. The maximum atomic E-state index is 14.0. The van der Waals surface area contributed by atoms with Crippen molar-refractivity contribution in [1.29, 1.82) is 5.26 Å². The smallest absolute Gasteiger partial charge is 0.261 e. The number of carbonyl (C=O) groups is 2. The molecule has 3 heterocycles. The van der Waals surface area contributed by atoms with Gasteiger partial charge in [-0.1, -0.05) is 35.3 Å². The number of carbonyl (C=O) groups excluding carboxylic acids is 2. The van der Waals surface area contributed by atoms with E-state index in [-0.39, 0.29) is 34.0 Å². The lowest BCUT2D eigenvalue weighted by atomic mass is 9.91. The molecule has 3 aromatic rings. The van der Waals surface area contributed by atoms with Gasteiger partial charge in [0.15, 0.2) is 5.03 Å². The summed E-state index contributed by atoms with van der Waals surface area (Å²) in [7, 11) is -4.24. The second-order valence-corrected chi connectivity index (χ2v) is 11.8. The molecule has 1 saturated heterocycles. The first-order valence-corrected chi connectivity index (χ1v) is 13.4. The molecule has 13 heteroatoms. The molecule has 1 fully saturated rings. The number of anilines is 2. The van der Waals surface area contributed by atoms with Gasteiger partial charge in [-0.15, -0.1) is 0 Å². The summed E-state index contributed by atoms with van der Waals surface area (Å²) >= 11 is 12.4. The Morgan fingerprint density at radius 3 is 2.41 bits per heavy atom. The van der Waals surface area contributed by atoms with Crippen molar-refractivity contribution < 1.29 is 18.0 Å². The van der Waals surface area contributed by atoms with E-state index in [1.807, 2.05) is 6.07 Å². The van der Waals surface area contributed by atoms with Crippen LogP contribution in [0.1, 0.15) is 24.5 Å². The minimum atomic E-state index is -4.24. The first-order valence-electron chi connectivity index (χ1n) is 11.2. The number of fused-ring (bicyclic) bond motifs is 1. The van der Waals surface area contributed by atoms with Crippen molar-refractivity contribution in [3.05, 3.63) is 69.8 Å². The first-order chi connectivity index (χ1) is 17.5. The Hall–Kier alpha value is -3.43. The maximum Gasteiger partial charge on any atom is 0.261 e. The highest BCUT2D eigenvalue weighted by molar-refractivity contribution is 7.89. The predicted octanol–water partition coefficient (Wildman–Crippen LogP) is 2.95. The number of hydrogen-bond donors (Lipinski definition) is 1. The summed E-state index contributed by atoms with van der Waals surface area (Å²) in [6, 6.07) is 12.3. The Morgan fingerprint density at radius 2 is 1.86 bits per heavy atom. The molecule has 0 saturated carbocycles. The zero-order valence-corrected chi connectivity index (χ0v) is 21.8. The van der Waals surface area contributed by atoms with E-state index in [2.05, 4.69) is 4.98 Å². The lowest BCUT2D eigenvalue weighted by molar-refractivity contribution is -0.125. The first kappa shape index (κ1) is 25.2. The molecular formula is C24H20Cl2N6O4S. The second-order valence-electron chi connectivity index (χ2n) is 9.08. The molecule has 1 aromatic heterocycles. The summed E-state index contributed by atoms with van der Waals surface area (Å²) in [6.45, 7) is 1.73. The number of aromatic nitrogens is 2. The third-order valence-corrected chi connectivity index (χ3v) is 8.98. The van der Waals surface area contributed by atoms with Gasteiger partial charge in [-0.3, -0.25) is 14.2 Å². The minimum absolute atomic E-state index is 0.0641. The zero-order chi connectivity index (χ0) is 26.7. The van der Waals surface area contributed by atoms with Gasteiger partial charge < -0.3 is 5.73 Å². The number of nitriles is 1. The van der Waals surface area contributed by atoms with Gasteiger partial charge in [-0.2, -0.15) is 9.57 Å². The van der Waals surface area contributed by atoms with Crippen LogP contribution in [0.15, 0.2) is 53.7 Å². The molecule has 0 bridgehead atoms. The van der Waals surface area contributed by atoms with Gasteiger partial charge in [-0.05, 0) is 49.2 Å². The lowest BCUT2D eigenvalue weighted by Crippen LogP contribution is -2.57.